The fourth-order valence-electron chi connectivity index (χ4n) is 3.06. The Kier molecular flexibility index (Phi) is 2.82. The van der Waals surface area contributed by atoms with Gasteiger partial charge in [0.25, 0.3) is 5.69 Å². The number of nitrogens with zero attached hydrogens (tertiary/aromatic N) is 1. The fraction of sp³-hybridized carbons (Fsp3) is 0.250. The molecule has 0 aliphatic heterocycles. The van der Waals surface area contributed by atoms with Gasteiger partial charge in [-0.2, -0.15) is 0 Å². The molecule has 2 aromatic carbocycles. The molecule has 1 saturated carbocycles. The molecule has 19 heavy (non-hydrogen) atoms. The Morgan fingerprint density at radius 3 is 2.26 bits per heavy atom. The number of hydrogen-bond donors (Lipinski definition) is 0. The van der Waals surface area contributed by atoms with E-state index in [0.717, 1.165) is 5.56 Å². The van der Waals surface area contributed by atoms with Crippen LogP contribution in [0.1, 0.15) is 29.9 Å². The normalized spacial score (nSPS) is 25.0. The first kappa shape index (κ1) is 11.9. The van der Waals surface area contributed by atoms with E-state index < -0.39 is 0 Å². The summed E-state index contributed by atoms with van der Waals surface area (Å²) in [6.07, 6.45) is 0. The number of benzene rings is 2. The van der Waals surface area contributed by atoms with Crippen molar-refractivity contribution in [3.63, 3.8) is 0 Å². The summed E-state index contributed by atoms with van der Waals surface area (Å²) in [4.78, 5) is 10.8. The highest BCUT2D eigenvalue weighted by Crippen LogP contribution is 2.61. The zero-order chi connectivity index (χ0) is 13.4. The first-order valence-electron chi connectivity index (χ1n) is 6.48. The third kappa shape index (κ3) is 2.01. The minimum atomic E-state index is -0.275. The molecule has 0 N–H and O–H groups in total. The number of para-hydroxylation sites is 1. The standard InChI is InChI=1S/C16H15NO2/c1-11-15(12-7-3-2-4-8-12)16(11)13-9-5-6-10-14(13)17(18)19/h2-11,15-16H,1H3/t11-,15-,16-/m1/s1. The fourth-order valence-corrected chi connectivity index (χ4v) is 3.06. The molecule has 0 spiro atoms. The minimum Gasteiger partial charge on any atom is -0.258 e. The maximum Gasteiger partial charge on any atom is 0.272 e. The van der Waals surface area contributed by atoms with Crippen LogP contribution in [0, 0.1) is 16.0 Å². The lowest BCUT2D eigenvalue weighted by atomic mass is 10.0. The summed E-state index contributed by atoms with van der Waals surface area (Å²) in [5, 5.41) is 11.1. The highest BCUT2D eigenvalue weighted by molar-refractivity contribution is 5.49. The van der Waals surface area contributed by atoms with Crippen LogP contribution in [-0.2, 0) is 0 Å². The lowest BCUT2D eigenvalue weighted by Crippen LogP contribution is -1.94. The van der Waals surface area contributed by atoms with Gasteiger partial charge in [-0.15, -0.1) is 0 Å². The molecule has 96 valence electrons. The minimum absolute atomic E-state index is 0.248. The molecule has 0 saturated heterocycles. The molecular formula is C16H15NO2. The van der Waals surface area contributed by atoms with Gasteiger partial charge in [0.2, 0.25) is 0 Å². The van der Waals surface area contributed by atoms with Crippen molar-refractivity contribution in [2.75, 3.05) is 0 Å². The predicted octanol–water partition coefficient (Wildman–Crippen LogP) is 4.11. The van der Waals surface area contributed by atoms with E-state index in [1.54, 1.807) is 12.1 Å². The third-order valence-corrected chi connectivity index (χ3v) is 4.06. The van der Waals surface area contributed by atoms with E-state index in [1.165, 1.54) is 5.56 Å². The van der Waals surface area contributed by atoms with E-state index in [4.69, 9.17) is 0 Å². The molecule has 0 unspecified atom stereocenters. The van der Waals surface area contributed by atoms with E-state index in [2.05, 4.69) is 19.1 Å². The van der Waals surface area contributed by atoms with Gasteiger partial charge in [-0.05, 0) is 17.4 Å². The van der Waals surface area contributed by atoms with Crippen LogP contribution in [0.2, 0.25) is 0 Å². The highest BCUT2D eigenvalue weighted by Gasteiger charge is 2.50. The average molecular weight is 253 g/mol. The molecule has 0 aromatic heterocycles. The van der Waals surface area contributed by atoms with Crippen LogP contribution in [0.3, 0.4) is 0 Å². The molecule has 1 aliphatic rings. The van der Waals surface area contributed by atoms with Gasteiger partial charge in [-0.1, -0.05) is 55.5 Å². The van der Waals surface area contributed by atoms with Gasteiger partial charge in [-0.3, -0.25) is 10.1 Å². The quantitative estimate of drug-likeness (QED) is 0.610. The Hall–Kier alpha value is -2.16. The topological polar surface area (TPSA) is 43.1 Å². The molecule has 3 rings (SSSR count). The monoisotopic (exact) mass is 253 g/mol. The van der Waals surface area contributed by atoms with Crippen molar-refractivity contribution < 1.29 is 4.92 Å². The smallest absolute Gasteiger partial charge is 0.258 e. The predicted molar refractivity (Wildman–Crippen MR) is 74.2 cm³/mol. The van der Waals surface area contributed by atoms with Crippen molar-refractivity contribution in [2.24, 2.45) is 5.92 Å². The molecule has 0 heterocycles. The number of nitro benzene ring substituents is 1. The third-order valence-electron chi connectivity index (χ3n) is 4.06. The van der Waals surface area contributed by atoms with Crippen molar-refractivity contribution in [3.05, 3.63) is 75.8 Å². The molecule has 3 nitrogen and oxygen atoms in total. The molecule has 3 heteroatoms. The van der Waals surface area contributed by atoms with Crippen LogP contribution >= 0.6 is 0 Å². The van der Waals surface area contributed by atoms with Gasteiger partial charge in [0.15, 0.2) is 0 Å². The van der Waals surface area contributed by atoms with Crippen LogP contribution in [0.15, 0.2) is 54.6 Å². The van der Waals surface area contributed by atoms with Crippen molar-refractivity contribution in [3.8, 4) is 0 Å². The summed E-state index contributed by atoms with van der Waals surface area (Å²) in [5.74, 6) is 1.13. The van der Waals surface area contributed by atoms with E-state index in [1.807, 2.05) is 30.3 Å². The molecule has 3 atom stereocenters. The van der Waals surface area contributed by atoms with E-state index in [-0.39, 0.29) is 16.5 Å². The maximum absolute atomic E-state index is 11.1. The van der Waals surface area contributed by atoms with Crippen LogP contribution in [-0.4, -0.2) is 4.92 Å². The molecular weight excluding hydrogens is 238 g/mol. The summed E-state index contributed by atoms with van der Waals surface area (Å²) < 4.78 is 0. The Bertz CT molecular complexity index is 609. The van der Waals surface area contributed by atoms with Gasteiger partial charge in [0.1, 0.15) is 0 Å². The summed E-state index contributed by atoms with van der Waals surface area (Å²) in [5.41, 5.74) is 2.39. The van der Waals surface area contributed by atoms with Crippen LogP contribution in [0.5, 0.6) is 0 Å². The maximum atomic E-state index is 11.1. The Morgan fingerprint density at radius 2 is 1.58 bits per heavy atom. The molecule has 0 bridgehead atoms. The SMILES string of the molecule is C[C@@H]1[C@H](c2ccccc2)[C@H]1c1ccccc1[N+](=O)[O-]. The van der Waals surface area contributed by atoms with E-state index >= 15 is 0 Å². The van der Waals surface area contributed by atoms with Gasteiger partial charge < -0.3 is 0 Å². The summed E-state index contributed by atoms with van der Waals surface area (Å²) in [6.45, 7) is 2.17. The van der Waals surface area contributed by atoms with Gasteiger partial charge in [0, 0.05) is 17.5 Å². The molecule has 2 aromatic rings. The van der Waals surface area contributed by atoms with Gasteiger partial charge >= 0.3 is 0 Å². The van der Waals surface area contributed by atoms with Crippen molar-refractivity contribution in [1.82, 2.24) is 0 Å². The Morgan fingerprint density at radius 1 is 0.947 bits per heavy atom. The average Bonchev–Trinajstić information content (AvgIpc) is 3.11. The largest absolute Gasteiger partial charge is 0.272 e. The highest BCUT2D eigenvalue weighted by atomic mass is 16.6. The van der Waals surface area contributed by atoms with Crippen molar-refractivity contribution in [1.29, 1.82) is 0 Å². The van der Waals surface area contributed by atoms with Crippen LogP contribution < -0.4 is 0 Å². The first-order chi connectivity index (χ1) is 9.20. The summed E-state index contributed by atoms with van der Waals surface area (Å²) in [7, 11) is 0. The van der Waals surface area contributed by atoms with Crippen molar-refractivity contribution >= 4 is 5.69 Å². The second kappa shape index (κ2) is 4.50. The Labute approximate surface area is 112 Å². The zero-order valence-corrected chi connectivity index (χ0v) is 10.7. The Balaban J connectivity index is 1.95. The number of nitro groups is 1. The second-order valence-corrected chi connectivity index (χ2v) is 5.14. The molecule has 1 fully saturated rings. The molecule has 0 radical (unpaired) electrons. The second-order valence-electron chi connectivity index (χ2n) is 5.14. The van der Waals surface area contributed by atoms with Crippen molar-refractivity contribution in [2.45, 2.75) is 18.8 Å². The summed E-state index contributed by atoms with van der Waals surface area (Å²) >= 11 is 0. The zero-order valence-electron chi connectivity index (χ0n) is 10.7. The van der Waals surface area contributed by atoms with Crippen LogP contribution in [0.4, 0.5) is 5.69 Å². The number of rotatable bonds is 3. The van der Waals surface area contributed by atoms with E-state index in [0.29, 0.717) is 11.8 Å². The molecule has 0 amide bonds. The first-order valence-corrected chi connectivity index (χ1v) is 6.48. The van der Waals surface area contributed by atoms with Gasteiger partial charge in [0.05, 0.1) is 4.92 Å². The van der Waals surface area contributed by atoms with Gasteiger partial charge in [-0.25, -0.2) is 0 Å². The number of hydrogen-bond acceptors (Lipinski definition) is 2. The summed E-state index contributed by atoms with van der Waals surface area (Å²) in [6, 6.07) is 17.4. The lowest BCUT2D eigenvalue weighted by molar-refractivity contribution is -0.385. The molecule has 1 aliphatic carbocycles. The lowest BCUT2D eigenvalue weighted by Gasteiger charge is -2.02. The van der Waals surface area contributed by atoms with Crippen LogP contribution in [0.25, 0.3) is 0 Å². The van der Waals surface area contributed by atoms with E-state index in [9.17, 15) is 10.1 Å².